The van der Waals surface area contributed by atoms with E-state index in [1.54, 1.807) is 17.0 Å². The molecule has 1 N–H and O–H groups in total. The molecule has 2 aliphatic rings. The van der Waals surface area contributed by atoms with Crippen LogP contribution in [0.5, 0.6) is 0 Å². The number of aliphatic hydroxyl groups excluding tert-OH is 1. The molecule has 2 unspecified atom stereocenters. The molecular formula is C17H20N6O4. The monoisotopic (exact) mass is 372 g/mol. The predicted octanol–water partition coefficient (Wildman–Crippen LogP) is 0.457. The van der Waals surface area contributed by atoms with Crippen molar-refractivity contribution in [3.63, 3.8) is 0 Å². The lowest BCUT2D eigenvalue weighted by molar-refractivity contribution is -0.384. The van der Waals surface area contributed by atoms with E-state index >= 15 is 0 Å². The van der Waals surface area contributed by atoms with Crippen LogP contribution in [0.15, 0.2) is 30.5 Å². The minimum atomic E-state index is -0.480. The Bertz CT molecular complexity index is 869. The summed E-state index contributed by atoms with van der Waals surface area (Å²) in [6.45, 7) is 2.77. The van der Waals surface area contributed by atoms with Gasteiger partial charge in [-0.05, 0) is 18.9 Å². The van der Waals surface area contributed by atoms with Crippen LogP contribution in [-0.4, -0.2) is 79.1 Å². The third kappa shape index (κ3) is 3.53. The van der Waals surface area contributed by atoms with E-state index in [1.807, 2.05) is 0 Å². The van der Waals surface area contributed by atoms with E-state index in [4.69, 9.17) is 0 Å². The summed E-state index contributed by atoms with van der Waals surface area (Å²) in [5, 5.41) is 28.5. The van der Waals surface area contributed by atoms with E-state index in [0.717, 1.165) is 19.4 Å². The molecule has 0 spiro atoms. The van der Waals surface area contributed by atoms with Crippen molar-refractivity contribution in [2.45, 2.75) is 25.0 Å². The van der Waals surface area contributed by atoms with Gasteiger partial charge < -0.3 is 10.0 Å². The Hall–Kier alpha value is -2.85. The van der Waals surface area contributed by atoms with E-state index in [-0.39, 0.29) is 29.4 Å². The van der Waals surface area contributed by atoms with Crippen LogP contribution in [0.25, 0.3) is 5.69 Å². The summed E-state index contributed by atoms with van der Waals surface area (Å²) in [6, 6.07) is 6.27. The average Bonchev–Trinajstić information content (AvgIpc) is 3.41. The molecule has 2 aromatic rings. The summed E-state index contributed by atoms with van der Waals surface area (Å²) in [7, 11) is 0. The number of carbonyl (C=O) groups excluding carboxylic acids is 1. The molecule has 3 heterocycles. The second kappa shape index (κ2) is 7.05. The third-order valence-corrected chi connectivity index (χ3v) is 5.18. The Morgan fingerprint density at radius 2 is 2.11 bits per heavy atom. The summed E-state index contributed by atoms with van der Waals surface area (Å²) < 4.78 is 1.37. The van der Waals surface area contributed by atoms with Crippen LogP contribution in [-0.2, 0) is 0 Å². The zero-order chi connectivity index (χ0) is 19.0. The second-order valence-corrected chi connectivity index (χ2v) is 6.96. The SMILES string of the molecule is O=C(c1cn(-c2cccc([N+](=O)[O-])c2)nn1)N1CCC(N2CCC(O)C2)C1. The number of amides is 1. The Morgan fingerprint density at radius 3 is 2.85 bits per heavy atom. The van der Waals surface area contributed by atoms with Crippen molar-refractivity contribution in [1.29, 1.82) is 0 Å². The first-order chi connectivity index (χ1) is 13.0. The number of hydrogen-bond acceptors (Lipinski definition) is 7. The Labute approximate surface area is 155 Å². The number of nitro groups is 1. The molecule has 2 atom stereocenters. The molecule has 0 radical (unpaired) electrons. The molecule has 27 heavy (non-hydrogen) atoms. The number of carbonyl (C=O) groups is 1. The van der Waals surface area contributed by atoms with Gasteiger partial charge in [-0.3, -0.25) is 19.8 Å². The number of aliphatic hydroxyl groups is 1. The molecule has 0 saturated carbocycles. The molecule has 1 aromatic heterocycles. The number of aromatic nitrogens is 3. The molecule has 0 bridgehead atoms. The number of non-ortho nitro benzene ring substituents is 1. The van der Waals surface area contributed by atoms with Crippen LogP contribution in [0.3, 0.4) is 0 Å². The van der Waals surface area contributed by atoms with Gasteiger partial charge in [0.05, 0.1) is 22.9 Å². The number of rotatable bonds is 4. The van der Waals surface area contributed by atoms with Crippen LogP contribution in [0.1, 0.15) is 23.3 Å². The highest BCUT2D eigenvalue weighted by Gasteiger charge is 2.34. The maximum absolute atomic E-state index is 12.7. The van der Waals surface area contributed by atoms with Crippen LogP contribution in [0.4, 0.5) is 5.69 Å². The lowest BCUT2D eigenvalue weighted by Crippen LogP contribution is -2.38. The average molecular weight is 372 g/mol. The maximum atomic E-state index is 12.7. The summed E-state index contributed by atoms with van der Waals surface area (Å²) >= 11 is 0. The molecule has 4 rings (SSSR count). The predicted molar refractivity (Wildman–Crippen MR) is 94.5 cm³/mol. The van der Waals surface area contributed by atoms with Crippen LogP contribution in [0, 0.1) is 10.1 Å². The number of nitro benzene ring substituents is 1. The number of benzene rings is 1. The maximum Gasteiger partial charge on any atom is 0.276 e. The summed E-state index contributed by atoms with van der Waals surface area (Å²) in [5.41, 5.74) is 0.635. The van der Waals surface area contributed by atoms with E-state index in [1.165, 1.54) is 23.0 Å². The van der Waals surface area contributed by atoms with E-state index in [9.17, 15) is 20.0 Å². The largest absolute Gasteiger partial charge is 0.392 e. The minimum absolute atomic E-state index is 0.0499. The van der Waals surface area contributed by atoms with Crippen molar-refractivity contribution in [3.8, 4) is 5.69 Å². The van der Waals surface area contributed by atoms with E-state index in [0.29, 0.717) is 25.3 Å². The lowest BCUT2D eigenvalue weighted by Gasteiger charge is -2.23. The highest BCUT2D eigenvalue weighted by molar-refractivity contribution is 5.92. The minimum Gasteiger partial charge on any atom is -0.392 e. The van der Waals surface area contributed by atoms with Crippen LogP contribution >= 0.6 is 0 Å². The molecular weight excluding hydrogens is 352 g/mol. The van der Waals surface area contributed by atoms with Crippen molar-refractivity contribution in [1.82, 2.24) is 24.8 Å². The van der Waals surface area contributed by atoms with Gasteiger partial charge in [-0.25, -0.2) is 4.68 Å². The van der Waals surface area contributed by atoms with Crippen molar-refractivity contribution in [2.75, 3.05) is 26.2 Å². The molecule has 1 aromatic carbocycles. The van der Waals surface area contributed by atoms with E-state index < -0.39 is 4.92 Å². The van der Waals surface area contributed by atoms with Gasteiger partial charge in [0.25, 0.3) is 11.6 Å². The smallest absolute Gasteiger partial charge is 0.276 e. The Balaban J connectivity index is 1.45. The summed E-state index contributed by atoms with van der Waals surface area (Å²) in [5.74, 6) is -0.200. The molecule has 142 valence electrons. The first kappa shape index (κ1) is 17.6. The quantitative estimate of drug-likeness (QED) is 0.612. The number of nitrogens with zero attached hydrogens (tertiary/aromatic N) is 6. The highest BCUT2D eigenvalue weighted by atomic mass is 16.6. The fourth-order valence-electron chi connectivity index (χ4n) is 3.72. The third-order valence-electron chi connectivity index (χ3n) is 5.18. The summed E-state index contributed by atoms with van der Waals surface area (Å²) in [4.78, 5) is 27.1. The number of β-amino-alcohol motifs (C(OH)–C–C–N with tert-alkyl or cyclic N) is 1. The van der Waals surface area contributed by atoms with Gasteiger partial charge in [0.2, 0.25) is 0 Å². The normalized spacial score (nSPS) is 23.1. The van der Waals surface area contributed by atoms with Gasteiger partial charge in [0, 0.05) is 44.4 Å². The summed E-state index contributed by atoms with van der Waals surface area (Å²) in [6.07, 6.45) is 2.87. The molecule has 10 nitrogen and oxygen atoms in total. The van der Waals surface area contributed by atoms with Crippen LogP contribution in [0.2, 0.25) is 0 Å². The van der Waals surface area contributed by atoms with Crippen molar-refractivity contribution in [3.05, 3.63) is 46.3 Å². The lowest BCUT2D eigenvalue weighted by atomic mass is 10.2. The number of likely N-dealkylation sites (tertiary alicyclic amines) is 2. The van der Waals surface area contributed by atoms with Gasteiger partial charge in [-0.2, -0.15) is 0 Å². The standard InChI is InChI=1S/C17H20N6O4/c24-15-5-7-20(10-15)14-4-6-21(9-14)17(25)16-11-22(19-18-16)12-2-1-3-13(8-12)23(26)27/h1-3,8,11,14-15,24H,4-7,9-10H2. The zero-order valence-corrected chi connectivity index (χ0v) is 14.6. The van der Waals surface area contributed by atoms with E-state index in [2.05, 4.69) is 15.2 Å². The van der Waals surface area contributed by atoms with Crippen LogP contribution < -0.4 is 0 Å². The molecule has 2 saturated heterocycles. The fourth-order valence-corrected chi connectivity index (χ4v) is 3.72. The Kier molecular flexibility index (Phi) is 4.58. The highest BCUT2D eigenvalue weighted by Crippen LogP contribution is 2.22. The first-order valence-corrected chi connectivity index (χ1v) is 8.90. The number of hydrogen-bond donors (Lipinski definition) is 1. The molecule has 0 aliphatic carbocycles. The zero-order valence-electron chi connectivity index (χ0n) is 14.6. The first-order valence-electron chi connectivity index (χ1n) is 8.90. The molecule has 1 amide bonds. The van der Waals surface area contributed by atoms with Gasteiger partial charge in [-0.1, -0.05) is 11.3 Å². The second-order valence-electron chi connectivity index (χ2n) is 6.96. The van der Waals surface area contributed by atoms with Gasteiger partial charge in [-0.15, -0.1) is 5.10 Å². The fraction of sp³-hybridized carbons (Fsp3) is 0.471. The van der Waals surface area contributed by atoms with Gasteiger partial charge in [0.15, 0.2) is 5.69 Å². The topological polar surface area (TPSA) is 118 Å². The van der Waals surface area contributed by atoms with Crippen molar-refractivity contribution >= 4 is 11.6 Å². The molecule has 2 fully saturated rings. The van der Waals surface area contributed by atoms with Crippen molar-refractivity contribution in [2.24, 2.45) is 0 Å². The van der Waals surface area contributed by atoms with Gasteiger partial charge >= 0.3 is 0 Å². The van der Waals surface area contributed by atoms with Crippen molar-refractivity contribution < 1.29 is 14.8 Å². The van der Waals surface area contributed by atoms with Gasteiger partial charge in [0.1, 0.15) is 0 Å². The molecule has 10 heteroatoms. The molecule has 2 aliphatic heterocycles. The Morgan fingerprint density at radius 1 is 1.26 bits per heavy atom.